The van der Waals surface area contributed by atoms with Gasteiger partial charge >= 0.3 is 0 Å². The molecule has 4 rings (SSSR count). The Balaban J connectivity index is 1.52. The molecular formula is C21H20N4O3. The van der Waals surface area contributed by atoms with E-state index in [1.807, 2.05) is 41.1 Å². The number of hydrogen-bond acceptors (Lipinski definition) is 5. The van der Waals surface area contributed by atoms with Gasteiger partial charge in [-0.25, -0.2) is 0 Å². The van der Waals surface area contributed by atoms with Gasteiger partial charge in [-0.1, -0.05) is 6.07 Å². The minimum atomic E-state index is -0.392. The lowest BCUT2D eigenvalue weighted by atomic mass is 10.2. The Morgan fingerprint density at radius 1 is 1.00 bits per heavy atom. The smallest absolute Gasteiger partial charge is 0.271 e. The molecule has 1 aromatic heterocycles. The highest BCUT2D eigenvalue weighted by molar-refractivity contribution is 5.81. The first kappa shape index (κ1) is 17.9. The zero-order valence-electron chi connectivity index (χ0n) is 15.3. The van der Waals surface area contributed by atoms with Crippen LogP contribution in [0.2, 0.25) is 0 Å². The second-order valence-corrected chi connectivity index (χ2v) is 6.45. The van der Waals surface area contributed by atoms with Crippen LogP contribution in [-0.4, -0.2) is 42.0 Å². The summed E-state index contributed by atoms with van der Waals surface area (Å²) >= 11 is 0. The molecule has 0 atom stereocenters. The molecule has 0 aliphatic carbocycles. The van der Waals surface area contributed by atoms with Gasteiger partial charge in [0.1, 0.15) is 0 Å². The van der Waals surface area contributed by atoms with E-state index in [1.165, 1.54) is 11.8 Å². The average molecular weight is 376 g/mol. The van der Waals surface area contributed by atoms with Gasteiger partial charge in [-0.3, -0.25) is 15.1 Å². The van der Waals surface area contributed by atoms with Crippen LogP contribution in [0.1, 0.15) is 5.69 Å². The quantitative estimate of drug-likeness (QED) is 0.384. The lowest BCUT2D eigenvalue weighted by molar-refractivity contribution is -0.384. The lowest BCUT2D eigenvalue weighted by Gasteiger charge is -2.28. The van der Waals surface area contributed by atoms with E-state index in [2.05, 4.69) is 22.0 Å². The molecule has 0 bridgehead atoms. The number of hydrogen-bond donors (Lipinski definition) is 0. The fourth-order valence-corrected chi connectivity index (χ4v) is 3.20. The molecule has 0 amide bonds. The third-order valence-electron chi connectivity index (χ3n) is 4.67. The number of aliphatic imine (C=N–C) groups is 1. The zero-order chi connectivity index (χ0) is 19.3. The highest BCUT2D eigenvalue weighted by Gasteiger charge is 2.11. The van der Waals surface area contributed by atoms with Crippen LogP contribution in [0.4, 0.5) is 17.1 Å². The number of ether oxygens (including phenoxy) is 1. The normalized spacial score (nSPS) is 14.5. The van der Waals surface area contributed by atoms with Crippen LogP contribution in [0, 0.1) is 10.1 Å². The van der Waals surface area contributed by atoms with Gasteiger partial charge in [-0.15, -0.1) is 0 Å². The van der Waals surface area contributed by atoms with Crippen LogP contribution >= 0.6 is 0 Å². The fourth-order valence-electron chi connectivity index (χ4n) is 3.20. The molecule has 2 heterocycles. The molecule has 2 aromatic carbocycles. The third kappa shape index (κ3) is 3.94. The van der Waals surface area contributed by atoms with Crippen LogP contribution < -0.4 is 4.90 Å². The predicted octanol–water partition coefficient (Wildman–Crippen LogP) is 3.97. The van der Waals surface area contributed by atoms with Crippen LogP contribution in [0.25, 0.3) is 5.69 Å². The van der Waals surface area contributed by atoms with E-state index < -0.39 is 4.92 Å². The van der Waals surface area contributed by atoms with Gasteiger partial charge in [0.15, 0.2) is 0 Å². The number of nitrogens with zero attached hydrogens (tertiary/aromatic N) is 4. The molecule has 0 unspecified atom stereocenters. The second-order valence-electron chi connectivity index (χ2n) is 6.45. The molecule has 1 aliphatic rings. The minimum absolute atomic E-state index is 0.0628. The summed E-state index contributed by atoms with van der Waals surface area (Å²) in [5.74, 6) is 0. The molecule has 142 valence electrons. The summed E-state index contributed by atoms with van der Waals surface area (Å²) in [5.41, 5.74) is 3.65. The van der Waals surface area contributed by atoms with E-state index in [-0.39, 0.29) is 5.69 Å². The van der Waals surface area contributed by atoms with Crippen LogP contribution in [-0.2, 0) is 4.74 Å². The number of morpholine rings is 1. The van der Waals surface area contributed by atoms with Crippen molar-refractivity contribution < 1.29 is 9.66 Å². The number of non-ortho nitro benzene ring substituents is 1. The van der Waals surface area contributed by atoms with E-state index in [0.29, 0.717) is 0 Å². The summed E-state index contributed by atoms with van der Waals surface area (Å²) in [7, 11) is 0. The summed E-state index contributed by atoms with van der Waals surface area (Å²) < 4.78 is 7.26. The maximum atomic E-state index is 11.0. The monoisotopic (exact) mass is 376 g/mol. The predicted molar refractivity (Wildman–Crippen MR) is 109 cm³/mol. The molecule has 1 saturated heterocycles. The molecule has 7 heteroatoms. The highest BCUT2D eigenvalue weighted by Crippen LogP contribution is 2.22. The molecule has 28 heavy (non-hydrogen) atoms. The first-order valence-corrected chi connectivity index (χ1v) is 9.10. The molecule has 3 aromatic rings. The van der Waals surface area contributed by atoms with E-state index >= 15 is 0 Å². The summed E-state index contributed by atoms with van der Waals surface area (Å²) in [6, 6.07) is 18.5. The zero-order valence-corrected chi connectivity index (χ0v) is 15.3. The largest absolute Gasteiger partial charge is 0.378 e. The number of rotatable bonds is 5. The Labute approximate surface area is 162 Å². The van der Waals surface area contributed by atoms with E-state index in [9.17, 15) is 10.1 Å². The average Bonchev–Trinajstić information content (AvgIpc) is 3.22. The van der Waals surface area contributed by atoms with Crippen molar-refractivity contribution in [3.8, 4) is 5.69 Å². The standard InChI is InChI=1S/C21H20N4O3/c26-25(27)20-4-1-3-19(15-20)24-10-2-5-21(24)16-22-17-6-8-18(9-7-17)23-11-13-28-14-12-23/h1-10,15-16H,11-14H2. The Kier molecular flexibility index (Phi) is 5.16. The summed E-state index contributed by atoms with van der Waals surface area (Å²) in [5, 5.41) is 11.0. The Bertz CT molecular complexity index is 989. The minimum Gasteiger partial charge on any atom is -0.378 e. The maximum Gasteiger partial charge on any atom is 0.271 e. The van der Waals surface area contributed by atoms with Crippen molar-refractivity contribution in [1.29, 1.82) is 0 Å². The molecule has 0 spiro atoms. The number of nitro benzene ring substituents is 1. The topological polar surface area (TPSA) is 72.9 Å². The van der Waals surface area contributed by atoms with Crippen LogP contribution in [0.3, 0.4) is 0 Å². The SMILES string of the molecule is O=[N+]([O-])c1cccc(-n2cccc2C=Nc2ccc(N3CCOCC3)cc2)c1. The van der Waals surface area contributed by atoms with E-state index in [0.717, 1.165) is 43.4 Å². The summed E-state index contributed by atoms with van der Waals surface area (Å²) in [6.45, 7) is 3.32. The van der Waals surface area contributed by atoms with Gasteiger partial charge in [-0.05, 0) is 42.5 Å². The number of nitro groups is 1. The molecule has 0 N–H and O–H groups in total. The third-order valence-corrected chi connectivity index (χ3v) is 4.67. The summed E-state index contributed by atoms with van der Waals surface area (Å²) in [4.78, 5) is 17.5. The van der Waals surface area contributed by atoms with Gasteiger partial charge < -0.3 is 14.2 Å². The molecule has 0 saturated carbocycles. The molecule has 0 radical (unpaired) electrons. The van der Waals surface area contributed by atoms with Gasteiger partial charge in [0.25, 0.3) is 5.69 Å². The first-order chi connectivity index (χ1) is 13.7. The van der Waals surface area contributed by atoms with Crippen molar-refractivity contribution >= 4 is 23.3 Å². The van der Waals surface area contributed by atoms with Crippen molar-refractivity contribution in [2.45, 2.75) is 0 Å². The first-order valence-electron chi connectivity index (χ1n) is 9.10. The van der Waals surface area contributed by atoms with Crippen molar-refractivity contribution in [3.05, 3.63) is 82.7 Å². The van der Waals surface area contributed by atoms with Crippen LogP contribution in [0.5, 0.6) is 0 Å². The van der Waals surface area contributed by atoms with E-state index in [4.69, 9.17) is 4.74 Å². The summed E-state index contributed by atoms with van der Waals surface area (Å²) in [6.07, 6.45) is 3.63. The van der Waals surface area contributed by atoms with Crippen molar-refractivity contribution in [1.82, 2.24) is 4.57 Å². The second kappa shape index (κ2) is 8.06. The number of aromatic nitrogens is 1. The molecule has 1 aliphatic heterocycles. The van der Waals surface area contributed by atoms with Crippen molar-refractivity contribution in [2.75, 3.05) is 31.2 Å². The maximum absolute atomic E-state index is 11.0. The van der Waals surface area contributed by atoms with Crippen molar-refractivity contribution in [3.63, 3.8) is 0 Å². The number of benzene rings is 2. The van der Waals surface area contributed by atoms with Gasteiger partial charge in [0.2, 0.25) is 0 Å². The molecular weight excluding hydrogens is 356 g/mol. The lowest BCUT2D eigenvalue weighted by Crippen LogP contribution is -2.36. The Hall–Kier alpha value is -3.45. The number of anilines is 1. The Morgan fingerprint density at radius 3 is 2.54 bits per heavy atom. The van der Waals surface area contributed by atoms with Gasteiger partial charge in [-0.2, -0.15) is 0 Å². The van der Waals surface area contributed by atoms with Crippen molar-refractivity contribution in [2.24, 2.45) is 4.99 Å². The van der Waals surface area contributed by atoms with Gasteiger partial charge in [0.05, 0.1) is 41.4 Å². The molecule has 1 fully saturated rings. The molecule has 7 nitrogen and oxygen atoms in total. The highest BCUT2D eigenvalue weighted by atomic mass is 16.6. The fraction of sp³-hybridized carbons (Fsp3) is 0.190. The van der Waals surface area contributed by atoms with E-state index in [1.54, 1.807) is 18.3 Å². The van der Waals surface area contributed by atoms with Crippen LogP contribution in [0.15, 0.2) is 71.9 Å². The van der Waals surface area contributed by atoms with Gasteiger partial charge in [0, 0.05) is 37.1 Å². The Morgan fingerprint density at radius 2 is 1.79 bits per heavy atom.